The van der Waals surface area contributed by atoms with E-state index in [4.69, 9.17) is 10.5 Å². The molecular weight excluding hydrogens is 359 g/mol. The Hall–Kier alpha value is -3.03. The van der Waals surface area contributed by atoms with Gasteiger partial charge in [-0.3, -0.25) is 10.1 Å². The predicted molar refractivity (Wildman–Crippen MR) is 92.8 cm³/mol. The summed E-state index contributed by atoms with van der Waals surface area (Å²) in [7, 11) is 0. The third kappa shape index (κ3) is 2.90. The predicted octanol–water partition coefficient (Wildman–Crippen LogP) is 3.07. The van der Waals surface area contributed by atoms with Gasteiger partial charge in [-0.15, -0.1) is 0 Å². The minimum atomic E-state index is -3.00. The van der Waals surface area contributed by atoms with Crippen molar-refractivity contribution in [1.82, 2.24) is 5.32 Å². The molecule has 1 heterocycles. The second kappa shape index (κ2) is 6.29. The summed E-state index contributed by atoms with van der Waals surface area (Å²) in [6.45, 7) is 0. The van der Waals surface area contributed by atoms with Crippen LogP contribution >= 0.6 is 0 Å². The van der Waals surface area contributed by atoms with Gasteiger partial charge in [0.15, 0.2) is 5.54 Å². The molecule has 0 aromatic heterocycles. The molecule has 140 valence electrons. The molecule has 1 saturated carbocycles. The molecule has 5 nitrogen and oxygen atoms in total. The quantitative estimate of drug-likeness (QED) is 0.810. The van der Waals surface area contributed by atoms with E-state index in [9.17, 15) is 18.0 Å². The Labute approximate surface area is 153 Å². The SMILES string of the molecule is Nc1ccc(F)c([C@]2(C(F)F)N=C(NC(=O)c3ccccc3)O[C@H]3C[C@H]32)c1. The van der Waals surface area contributed by atoms with E-state index < -0.39 is 35.7 Å². The zero-order valence-electron chi connectivity index (χ0n) is 14.0. The van der Waals surface area contributed by atoms with Crippen molar-refractivity contribution in [2.75, 3.05) is 5.73 Å². The average Bonchev–Trinajstić information content (AvgIpc) is 3.43. The van der Waals surface area contributed by atoms with E-state index in [-0.39, 0.29) is 23.7 Å². The Balaban J connectivity index is 1.74. The number of carbonyl (C=O) groups is 1. The third-order valence-electron chi connectivity index (χ3n) is 4.86. The Kier molecular flexibility index (Phi) is 4.05. The lowest BCUT2D eigenvalue weighted by atomic mass is 9.84. The Morgan fingerprint density at radius 2 is 2.00 bits per heavy atom. The number of benzene rings is 2. The summed E-state index contributed by atoms with van der Waals surface area (Å²) in [6, 6.07) is 11.4. The standard InChI is InChI=1S/C19H16F3N3O2/c20-14-7-6-11(23)8-12(14)19(17(21)22)13-9-15(13)27-18(25-19)24-16(26)10-4-2-1-3-5-10/h1-8,13,15,17H,9,23H2,(H,24,25,26)/t13-,15+,19+/m1/s1. The fraction of sp³-hybridized carbons (Fsp3) is 0.263. The molecule has 4 rings (SSSR count). The first-order valence-electron chi connectivity index (χ1n) is 8.38. The summed E-state index contributed by atoms with van der Waals surface area (Å²) in [6.07, 6.45) is -3.29. The first-order chi connectivity index (χ1) is 12.9. The van der Waals surface area contributed by atoms with E-state index in [1.54, 1.807) is 30.3 Å². The van der Waals surface area contributed by atoms with Crippen molar-refractivity contribution in [3.8, 4) is 0 Å². The van der Waals surface area contributed by atoms with Crippen molar-refractivity contribution in [3.63, 3.8) is 0 Å². The monoisotopic (exact) mass is 375 g/mol. The minimum Gasteiger partial charge on any atom is -0.461 e. The number of halogens is 3. The van der Waals surface area contributed by atoms with Crippen LogP contribution in [-0.2, 0) is 10.3 Å². The number of amidine groups is 1. The molecule has 27 heavy (non-hydrogen) atoms. The van der Waals surface area contributed by atoms with Crippen molar-refractivity contribution < 1.29 is 22.7 Å². The summed E-state index contributed by atoms with van der Waals surface area (Å²) in [5.41, 5.74) is 3.71. The zero-order chi connectivity index (χ0) is 19.2. The van der Waals surface area contributed by atoms with Crippen molar-refractivity contribution in [1.29, 1.82) is 0 Å². The van der Waals surface area contributed by atoms with Crippen LogP contribution in [0, 0.1) is 11.7 Å². The fourth-order valence-electron chi connectivity index (χ4n) is 3.44. The topological polar surface area (TPSA) is 76.7 Å². The second-order valence-electron chi connectivity index (χ2n) is 6.60. The van der Waals surface area contributed by atoms with Gasteiger partial charge in [-0.05, 0) is 36.8 Å². The van der Waals surface area contributed by atoms with Crippen LogP contribution < -0.4 is 11.1 Å². The van der Waals surface area contributed by atoms with Crippen LogP contribution in [0.1, 0.15) is 22.3 Å². The highest BCUT2D eigenvalue weighted by Crippen LogP contribution is 2.56. The van der Waals surface area contributed by atoms with E-state index in [2.05, 4.69) is 10.3 Å². The first kappa shape index (κ1) is 17.4. The van der Waals surface area contributed by atoms with Gasteiger partial charge in [0.1, 0.15) is 11.9 Å². The lowest BCUT2D eigenvalue weighted by Crippen LogP contribution is -2.46. The lowest BCUT2D eigenvalue weighted by Gasteiger charge is -2.34. The molecular formula is C19H16F3N3O2. The maximum Gasteiger partial charge on any atom is 0.293 e. The number of aliphatic imine (C=N–C) groups is 1. The van der Waals surface area contributed by atoms with Crippen LogP contribution in [0.4, 0.5) is 18.9 Å². The third-order valence-corrected chi connectivity index (χ3v) is 4.86. The van der Waals surface area contributed by atoms with Gasteiger partial charge in [-0.25, -0.2) is 18.2 Å². The number of fused-ring (bicyclic) bond motifs is 1. The molecule has 3 atom stereocenters. The number of alkyl halides is 2. The summed E-state index contributed by atoms with van der Waals surface area (Å²) in [4.78, 5) is 16.3. The van der Waals surface area contributed by atoms with E-state index in [1.807, 2.05) is 0 Å². The number of nitrogens with one attached hydrogen (secondary N) is 1. The van der Waals surface area contributed by atoms with Crippen molar-refractivity contribution in [2.24, 2.45) is 10.9 Å². The number of hydrogen-bond donors (Lipinski definition) is 2. The number of nitrogens with zero attached hydrogens (tertiary/aromatic N) is 1. The lowest BCUT2D eigenvalue weighted by molar-refractivity contribution is 0.0166. The Morgan fingerprint density at radius 3 is 2.70 bits per heavy atom. The molecule has 0 radical (unpaired) electrons. The largest absolute Gasteiger partial charge is 0.461 e. The first-order valence-corrected chi connectivity index (χ1v) is 8.38. The number of nitrogen functional groups attached to an aromatic ring is 1. The van der Waals surface area contributed by atoms with E-state index in [0.29, 0.717) is 5.56 Å². The highest BCUT2D eigenvalue weighted by atomic mass is 19.3. The number of nitrogens with two attached hydrogens (primary N) is 1. The number of amides is 1. The normalized spacial score (nSPS) is 26.0. The molecule has 3 N–H and O–H groups in total. The summed E-state index contributed by atoms with van der Waals surface area (Å²) in [5.74, 6) is -2.06. The molecule has 2 aliphatic rings. The highest BCUT2D eigenvalue weighted by molar-refractivity contribution is 6.04. The second-order valence-corrected chi connectivity index (χ2v) is 6.60. The van der Waals surface area contributed by atoms with Gasteiger partial charge in [0.25, 0.3) is 18.4 Å². The number of carbonyl (C=O) groups excluding carboxylic acids is 1. The summed E-state index contributed by atoms with van der Waals surface area (Å²) >= 11 is 0. The van der Waals surface area contributed by atoms with E-state index in [1.165, 1.54) is 12.1 Å². The molecule has 2 aromatic rings. The van der Waals surface area contributed by atoms with Crippen molar-refractivity contribution in [3.05, 3.63) is 65.5 Å². The smallest absolute Gasteiger partial charge is 0.293 e. The molecule has 0 spiro atoms. The average molecular weight is 375 g/mol. The van der Waals surface area contributed by atoms with Gasteiger partial charge >= 0.3 is 0 Å². The zero-order valence-corrected chi connectivity index (χ0v) is 14.0. The molecule has 0 saturated heterocycles. The molecule has 1 amide bonds. The van der Waals surface area contributed by atoms with Crippen LogP contribution in [0.25, 0.3) is 0 Å². The highest BCUT2D eigenvalue weighted by Gasteiger charge is 2.64. The molecule has 1 fully saturated rings. The van der Waals surface area contributed by atoms with Crippen LogP contribution in [0.3, 0.4) is 0 Å². The van der Waals surface area contributed by atoms with Gasteiger partial charge in [-0.1, -0.05) is 18.2 Å². The van der Waals surface area contributed by atoms with Crippen LogP contribution in [0.15, 0.2) is 53.5 Å². The molecule has 1 aliphatic heterocycles. The Bertz CT molecular complexity index is 920. The van der Waals surface area contributed by atoms with Gasteiger partial charge in [0.2, 0.25) is 0 Å². The van der Waals surface area contributed by atoms with Crippen molar-refractivity contribution >= 4 is 17.6 Å². The fourth-order valence-corrected chi connectivity index (χ4v) is 3.44. The van der Waals surface area contributed by atoms with Crippen LogP contribution in [-0.4, -0.2) is 24.5 Å². The maximum atomic E-state index is 14.4. The summed E-state index contributed by atoms with van der Waals surface area (Å²) < 4.78 is 48.3. The molecule has 2 aromatic carbocycles. The van der Waals surface area contributed by atoms with Crippen LogP contribution in [0.5, 0.6) is 0 Å². The summed E-state index contributed by atoms with van der Waals surface area (Å²) in [5, 5.41) is 2.41. The van der Waals surface area contributed by atoms with Gasteiger partial charge in [0, 0.05) is 22.7 Å². The van der Waals surface area contributed by atoms with Gasteiger partial charge in [0.05, 0.1) is 0 Å². The van der Waals surface area contributed by atoms with E-state index in [0.717, 1.165) is 6.07 Å². The number of hydrogen-bond acceptors (Lipinski definition) is 4. The Morgan fingerprint density at radius 1 is 1.26 bits per heavy atom. The molecule has 0 bridgehead atoms. The molecule has 8 heteroatoms. The number of anilines is 1. The molecule has 1 aliphatic carbocycles. The van der Waals surface area contributed by atoms with Crippen LogP contribution in [0.2, 0.25) is 0 Å². The number of ether oxygens (including phenoxy) is 1. The van der Waals surface area contributed by atoms with Gasteiger partial charge < -0.3 is 10.5 Å². The maximum absolute atomic E-state index is 14.4. The molecule has 0 unspecified atom stereocenters. The number of rotatable bonds is 3. The van der Waals surface area contributed by atoms with E-state index >= 15 is 0 Å². The van der Waals surface area contributed by atoms with Gasteiger partial charge in [-0.2, -0.15) is 0 Å². The minimum absolute atomic E-state index is 0.153. The van der Waals surface area contributed by atoms with Crippen molar-refractivity contribution in [2.45, 2.75) is 24.5 Å².